The quantitative estimate of drug-likeness (QED) is 0.808. The van der Waals surface area contributed by atoms with E-state index in [1.165, 1.54) is 5.56 Å². The van der Waals surface area contributed by atoms with Crippen molar-refractivity contribution in [3.8, 4) is 0 Å². The molecule has 0 amide bonds. The number of rotatable bonds is 4. The maximum atomic E-state index is 5.43. The number of benzene rings is 1. The highest BCUT2D eigenvalue weighted by molar-refractivity contribution is 5.49. The highest BCUT2D eigenvalue weighted by atomic mass is 16.5. The molecule has 18 heavy (non-hydrogen) atoms. The molecule has 1 atom stereocenters. The lowest BCUT2D eigenvalue weighted by Gasteiger charge is -2.35. The molecule has 1 saturated heterocycles. The lowest BCUT2D eigenvalue weighted by Crippen LogP contribution is -2.44. The van der Waals surface area contributed by atoms with Crippen LogP contribution in [0.5, 0.6) is 0 Å². The molecule has 1 aromatic carbocycles. The molecule has 0 aromatic heterocycles. The van der Waals surface area contributed by atoms with Gasteiger partial charge in [-0.2, -0.15) is 0 Å². The highest BCUT2D eigenvalue weighted by Crippen LogP contribution is 2.15. The fraction of sp³-hybridized carbons (Fsp3) is 0.500. The van der Waals surface area contributed by atoms with E-state index in [0.29, 0.717) is 12.0 Å². The Balaban J connectivity index is 2.04. The summed E-state index contributed by atoms with van der Waals surface area (Å²) in [5.74, 6) is 0.628. The first-order valence-corrected chi connectivity index (χ1v) is 6.82. The molecule has 2 rings (SSSR count). The molecule has 98 valence electrons. The molecule has 2 nitrogen and oxygen atoms in total. The number of hydrogen-bond acceptors (Lipinski definition) is 2. The van der Waals surface area contributed by atoms with Gasteiger partial charge in [0.05, 0.1) is 13.2 Å². The third-order valence-electron chi connectivity index (χ3n) is 3.44. The van der Waals surface area contributed by atoms with Gasteiger partial charge in [-0.05, 0) is 11.5 Å². The van der Waals surface area contributed by atoms with Crippen LogP contribution in [0.4, 0.5) is 0 Å². The number of ether oxygens (including phenoxy) is 1. The first-order chi connectivity index (χ1) is 8.77. The van der Waals surface area contributed by atoms with Crippen LogP contribution in [0.15, 0.2) is 36.4 Å². The van der Waals surface area contributed by atoms with Crippen molar-refractivity contribution in [2.24, 2.45) is 5.92 Å². The van der Waals surface area contributed by atoms with Gasteiger partial charge in [0.1, 0.15) is 0 Å². The zero-order chi connectivity index (χ0) is 12.8. The van der Waals surface area contributed by atoms with Crippen LogP contribution in [0, 0.1) is 5.92 Å². The molecule has 1 aromatic rings. The van der Waals surface area contributed by atoms with Gasteiger partial charge in [-0.25, -0.2) is 0 Å². The molecule has 1 unspecified atom stereocenters. The Labute approximate surface area is 110 Å². The normalized spacial score (nSPS) is 19.5. The van der Waals surface area contributed by atoms with Crippen molar-refractivity contribution < 1.29 is 4.74 Å². The van der Waals surface area contributed by atoms with E-state index >= 15 is 0 Å². The van der Waals surface area contributed by atoms with Gasteiger partial charge in [0.2, 0.25) is 0 Å². The molecule has 2 heteroatoms. The van der Waals surface area contributed by atoms with Gasteiger partial charge in [0, 0.05) is 19.1 Å². The second-order valence-electron chi connectivity index (χ2n) is 5.15. The van der Waals surface area contributed by atoms with E-state index in [4.69, 9.17) is 4.74 Å². The smallest absolute Gasteiger partial charge is 0.0594 e. The Morgan fingerprint density at radius 3 is 2.39 bits per heavy atom. The van der Waals surface area contributed by atoms with Crippen molar-refractivity contribution in [1.29, 1.82) is 0 Å². The van der Waals surface area contributed by atoms with Gasteiger partial charge in [-0.1, -0.05) is 56.3 Å². The minimum absolute atomic E-state index is 0.508. The van der Waals surface area contributed by atoms with Gasteiger partial charge >= 0.3 is 0 Å². The van der Waals surface area contributed by atoms with Crippen LogP contribution in [0.3, 0.4) is 0 Å². The zero-order valence-electron chi connectivity index (χ0n) is 11.4. The summed E-state index contributed by atoms with van der Waals surface area (Å²) in [5, 5.41) is 0. The second kappa shape index (κ2) is 6.72. The van der Waals surface area contributed by atoms with Crippen LogP contribution in [-0.2, 0) is 4.74 Å². The summed E-state index contributed by atoms with van der Waals surface area (Å²) in [4.78, 5) is 2.52. The number of hydrogen-bond donors (Lipinski definition) is 0. The fourth-order valence-corrected chi connectivity index (χ4v) is 2.42. The third-order valence-corrected chi connectivity index (χ3v) is 3.44. The molecule has 1 fully saturated rings. The molecule has 1 aliphatic heterocycles. The van der Waals surface area contributed by atoms with E-state index in [1.807, 2.05) is 0 Å². The Kier molecular flexibility index (Phi) is 4.97. The lowest BCUT2D eigenvalue weighted by atomic mass is 10.0. The van der Waals surface area contributed by atoms with Crippen LogP contribution < -0.4 is 0 Å². The van der Waals surface area contributed by atoms with Crippen LogP contribution >= 0.6 is 0 Å². The standard InChI is InChI=1S/C16H23NO/c1-14(2)16(17-10-12-18-13-11-17)9-8-15-6-4-3-5-7-15/h3-9,14,16H,10-13H2,1-2H3/b9-8-. The molecule has 1 heterocycles. The van der Waals surface area contributed by atoms with Crippen molar-refractivity contribution in [2.75, 3.05) is 26.3 Å². The summed E-state index contributed by atoms with van der Waals surface area (Å²) in [6.45, 7) is 8.39. The number of nitrogens with zero attached hydrogens (tertiary/aromatic N) is 1. The summed E-state index contributed by atoms with van der Waals surface area (Å²) >= 11 is 0. The van der Waals surface area contributed by atoms with E-state index in [2.05, 4.69) is 61.2 Å². The first kappa shape index (κ1) is 13.3. The monoisotopic (exact) mass is 245 g/mol. The first-order valence-electron chi connectivity index (χ1n) is 6.82. The molecule has 0 spiro atoms. The predicted octanol–water partition coefficient (Wildman–Crippen LogP) is 3.06. The summed E-state index contributed by atoms with van der Waals surface area (Å²) in [7, 11) is 0. The Morgan fingerprint density at radius 2 is 1.78 bits per heavy atom. The van der Waals surface area contributed by atoms with Crippen molar-refractivity contribution in [2.45, 2.75) is 19.9 Å². The van der Waals surface area contributed by atoms with Gasteiger partial charge in [0.15, 0.2) is 0 Å². The van der Waals surface area contributed by atoms with Gasteiger partial charge in [-0.3, -0.25) is 4.90 Å². The van der Waals surface area contributed by atoms with E-state index < -0.39 is 0 Å². The summed E-state index contributed by atoms with van der Waals surface area (Å²) < 4.78 is 5.43. The Morgan fingerprint density at radius 1 is 1.11 bits per heavy atom. The topological polar surface area (TPSA) is 12.5 Å². The third kappa shape index (κ3) is 3.69. The fourth-order valence-electron chi connectivity index (χ4n) is 2.42. The second-order valence-corrected chi connectivity index (χ2v) is 5.15. The largest absolute Gasteiger partial charge is 0.379 e. The van der Waals surface area contributed by atoms with Crippen molar-refractivity contribution in [3.63, 3.8) is 0 Å². The van der Waals surface area contributed by atoms with E-state index in [9.17, 15) is 0 Å². The van der Waals surface area contributed by atoms with E-state index in [1.54, 1.807) is 0 Å². The minimum atomic E-state index is 0.508. The molecular formula is C16H23NO. The van der Waals surface area contributed by atoms with Crippen molar-refractivity contribution in [3.05, 3.63) is 42.0 Å². The van der Waals surface area contributed by atoms with Crippen LogP contribution in [0.2, 0.25) is 0 Å². The summed E-state index contributed by atoms with van der Waals surface area (Å²) in [6.07, 6.45) is 4.57. The zero-order valence-corrected chi connectivity index (χ0v) is 11.4. The number of morpholine rings is 1. The average Bonchev–Trinajstić information content (AvgIpc) is 2.41. The lowest BCUT2D eigenvalue weighted by molar-refractivity contribution is 0.0176. The minimum Gasteiger partial charge on any atom is -0.379 e. The Hall–Kier alpha value is -1.12. The van der Waals surface area contributed by atoms with Crippen LogP contribution in [-0.4, -0.2) is 37.2 Å². The molecule has 0 N–H and O–H groups in total. The van der Waals surface area contributed by atoms with Crippen LogP contribution in [0.1, 0.15) is 19.4 Å². The summed E-state index contributed by atoms with van der Waals surface area (Å²) in [6, 6.07) is 11.0. The molecule has 0 aliphatic carbocycles. The van der Waals surface area contributed by atoms with E-state index in [-0.39, 0.29) is 0 Å². The van der Waals surface area contributed by atoms with Crippen molar-refractivity contribution >= 4 is 6.08 Å². The van der Waals surface area contributed by atoms with Crippen LogP contribution in [0.25, 0.3) is 6.08 Å². The maximum Gasteiger partial charge on any atom is 0.0594 e. The molecule has 0 saturated carbocycles. The summed E-state index contributed by atoms with van der Waals surface area (Å²) in [5.41, 5.74) is 1.27. The molecule has 1 aliphatic rings. The Bertz CT molecular complexity index is 366. The van der Waals surface area contributed by atoms with Crippen molar-refractivity contribution in [1.82, 2.24) is 4.90 Å². The van der Waals surface area contributed by atoms with E-state index in [0.717, 1.165) is 26.3 Å². The SMILES string of the molecule is CC(C)C(/C=C\c1ccccc1)N1CCOCC1. The molecular weight excluding hydrogens is 222 g/mol. The van der Waals surface area contributed by atoms with Gasteiger partial charge < -0.3 is 4.74 Å². The molecule has 0 radical (unpaired) electrons. The molecule has 0 bridgehead atoms. The van der Waals surface area contributed by atoms with Gasteiger partial charge in [0.25, 0.3) is 0 Å². The average molecular weight is 245 g/mol. The predicted molar refractivity (Wildman–Crippen MR) is 76.5 cm³/mol. The highest BCUT2D eigenvalue weighted by Gasteiger charge is 2.21. The van der Waals surface area contributed by atoms with Gasteiger partial charge in [-0.15, -0.1) is 0 Å². The maximum absolute atomic E-state index is 5.43.